The fourth-order valence-corrected chi connectivity index (χ4v) is 2.17. The Labute approximate surface area is 128 Å². The number of aromatic hydroxyl groups is 3. The number of nitrogens with zero attached hydrogens (tertiary/aromatic N) is 1. The summed E-state index contributed by atoms with van der Waals surface area (Å²) in [7, 11) is 0. The summed E-state index contributed by atoms with van der Waals surface area (Å²) >= 11 is 2.00. The van der Waals surface area contributed by atoms with Crippen molar-refractivity contribution in [2.24, 2.45) is 0 Å². The van der Waals surface area contributed by atoms with Gasteiger partial charge in [0.1, 0.15) is 5.75 Å². The molecule has 0 saturated heterocycles. The fraction of sp³-hybridized carbons (Fsp3) is 0.154. The van der Waals surface area contributed by atoms with Gasteiger partial charge in [-0.1, -0.05) is 6.07 Å². The second-order valence-corrected chi connectivity index (χ2v) is 5.26. The summed E-state index contributed by atoms with van der Waals surface area (Å²) < 4.78 is 1.36. The van der Waals surface area contributed by atoms with Crippen molar-refractivity contribution in [3.63, 3.8) is 0 Å². The molecule has 0 bridgehead atoms. The van der Waals surface area contributed by atoms with Crippen LogP contribution in [0, 0.1) is 3.57 Å². The van der Waals surface area contributed by atoms with Crippen LogP contribution in [0.5, 0.6) is 17.5 Å². The molecule has 1 aromatic carbocycles. The minimum atomic E-state index is -0.588. The summed E-state index contributed by atoms with van der Waals surface area (Å²) in [5, 5.41) is 28.1. The number of phenols is 1. The highest BCUT2D eigenvalue weighted by atomic mass is 127. The summed E-state index contributed by atoms with van der Waals surface area (Å²) in [4.78, 5) is 16.4. The van der Waals surface area contributed by atoms with Crippen LogP contribution in [-0.2, 0) is 11.2 Å². The molecule has 1 aromatic heterocycles. The van der Waals surface area contributed by atoms with Crippen molar-refractivity contribution in [1.82, 2.24) is 4.73 Å². The van der Waals surface area contributed by atoms with Gasteiger partial charge in [0.15, 0.2) is 0 Å². The van der Waals surface area contributed by atoms with E-state index in [4.69, 9.17) is 4.84 Å². The van der Waals surface area contributed by atoms with E-state index in [0.29, 0.717) is 14.7 Å². The van der Waals surface area contributed by atoms with Crippen LogP contribution >= 0.6 is 22.6 Å². The van der Waals surface area contributed by atoms with Gasteiger partial charge in [-0.2, -0.15) is 0 Å². The Bertz CT molecular complexity index is 618. The Hall–Kier alpha value is -1.90. The topological polar surface area (TPSA) is 91.9 Å². The molecule has 6 nitrogen and oxygen atoms in total. The van der Waals surface area contributed by atoms with Crippen LogP contribution in [0.25, 0.3) is 0 Å². The molecule has 0 atom stereocenters. The fourth-order valence-electron chi connectivity index (χ4n) is 1.60. The monoisotopic (exact) mass is 389 g/mol. The molecule has 3 N–H and O–H groups in total. The zero-order chi connectivity index (χ0) is 14.7. The average molecular weight is 389 g/mol. The van der Waals surface area contributed by atoms with Gasteiger partial charge in [-0.15, -0.1) is 4.73 Å². The largest absolute Gasteiger partial charge is 0.507 e. The molecule has 0 radical (unpaired) electrons. The molecular weight excluding hydrogens is 377 g/mol. The van der Waals surface area contributed by atoms with Crippen molar-refractivity contribution in [2.75, 3.05) is 0 Å². The lowest BCUT2D eigenvalue weighted by Crippen LogP contribution is -2.19. The zero-order valence-corrected chi connectivity index (χ0v) is 12.4. The molecular formula is C13H12INO5. The van der Waals surface area contributed by atoms with Gasteiger partial charge in [0, 0.05) is 12.1 Å². The van der Waals surface area contributed by atoms with Crippen molar-refractivity contribution in [1.29, 1.82) is 0 Å². The minimum Gasteiger partial charge on any atom is -0.507 e. The van der Waals surface area contributed by atoms with Crippen LogP contribution in [-0.4, -0.2) is 26.0 Å². The maximum atomic E-state index is 11.6. The Balaban J connectivity index is 1.94. The summed E-state index contributed by atoms with van der Waals surface area (Å²) in [6.45, 7) is 0. The van der Waals surface area contributed by atoms with Crippen LogP contribution in [0.2, 0.25) is 0 Å². The standard InChI is InChI=1S/C13H12INO5/c14-9-7-8(1-3-10(9)16)2-6-13(19)20-15-11(17)4-5-12(15)18/h1,3-5,7,16-18H,2,6H2. The number of aryl methyl sites for hydroxylation is 1. The number of benzene rings is 1. The van der Waals surface area contributed by atoms with Crippen LogP contribution < -0.4 is 4.84 Å². The number of halogens is 1. The minimum absolute atomic E-state index is 0.0813. The predicted molar refractivity (Wildman–Crippen MR) is 78.5 cm³/mol. The Kier molecular flexibility index (Phi) is 4.38. The van der Waals surface area contributed by atoms with E-state index >= 15 is 0 Å². The van der Waals surface area contributed by atoms with E-state index in [9.17, 15) is 20.1 Å². The number of carbonyl (C=O) groups is 1. The quantitative estimate of drug-likeness (QED) is 0.694. The predicted octanol–water partition coefficient (Wildman–Crippen LogP) is 1.80. The van der Waals surface area contributed by atoms with Gasteiger partial charge in [0.2, 0.25) is 11.8 Å². The highest BCUT2D eigenvalue weighted by Gasteiger charge is 2.12. The van der Waals surface area contributed by atoms with Crippen molar-refractivity contribution in [3.05, 3.63) is 39.5 Å². The second-order valence-electron chi connectivity index (χ2n) is 4.09. The lowest BCUT2D eigenvalue weighted by Gasteiger charge is -2.07. The van der Waals surface area contributed by atoms with Gasteiger partial charge in [0.25, 0.3) is 0 Å². The van der Waals surface area contributed by atoms with E-state index in [2.05, 4.69) is 0 Å². The van der Waals surface area contributed by atoms with Gasteiger partial charge in [0.05, 0.1) is 9.99 Å². The van der Waals surface area contributed by atoms with Crippen LogP contribution in [0.1, 0.15) is 12.0 Å². The Morgan fingerprint density at radius 2 is 1.80 bits per heavy atom. The average Bonchev–Trinajstić information content (AvgIpc) is 2.72. The first-order valence-electron chi connectivity index (χ1n) is 5.75. The van der Waals surface area contributed by atoms with E-state index in [1.807, 2.05) is 22.6 Å². The SMILES string of the molecule is O=C(CCc1ccc(O)c(I)c1)On1c(O)ccc1O. The van der Waals surface area contributed by atoms with E-state index in [-0.39, 0.29) is 23.9 Å². The highest BCUT2D eigenvalue weighted by Crippen LogP contribution is 2.21. The van der Waals surface area contributed by atoms with Crippen molar-refractivity contribution in [3.8, 4) is 17.5 Å². The third kappa shape index (κ3) is 3.35. The summed E-state index contributed by atoms with van der Waals surface area (Å²) in [5.41, 5.74) is 0.880. The Morgan fingerprint density at radius 3 is 2.40 bits per heavy atom. The molecule has 0 fully saturated rings. The maximum Gasteiger partial charge on any atom is 0.333 e. The molecule has 0 saturated carbocycles. The van der Waals surface area contributed by atoms with Gasteiger partial charge in [-0.25, -0.2) is 4.79 Å². The van der Waals surface area contributed by atoms with E-state index < -0.39 is 5.97 Å². The molecule has 0 aliphatic rings. The van der Waals surface area contributed by atoms with E-state index in [0.717, 1.165) is 5.56 Å². The summed E-state index contributed by atoms with van der Waals surface area (Å²) in [6, 6.07) is 7.48. The number of phenolic OH excluding ortho intramolecular Hbond substituents is 1. The lowest BCUT2D eigenvalue weighted by atomic mass is 10.1. The maximum absolute atomic E-state index is 11.6. The number of hydrogen-bond donors (Lipinski definition) is 3. The third-order valence-electron chi connectivity index (χ3n) is 2.62. The highest BCUT2D eigenvalue weighted by molar-refractivity contribution is 14.1. The van der Waals surface area contributed by atoms with E-state index in [1.165, 1.54) is 12.1 Å². The molecule has 106 valence electrons. The van der Waals surface area contributed by atoms with Crippen LogP contribution in [0.4, 0.5) is 0 Å². The number of aromatic nitrogens is 1. The van der Waals surface area contributed by atoms with Crippen LogP contribution in [0.15, 0.2) is 30.3 Å². The van der Waals surface area contributed by atoms with Gasteiger partial charge < -0.3 is 20.2 Å². The van der Waals surface area contributed by atoms with Gasteiger partial charge in [-0.3, -0.25) is 0 Å². The molecule has 0 amide bonds. The van der Waals surface area contributed by atoms with Gasteiger partial charge >= 0.3 is 5.97 Å². The lowest BCUT2D eigenvalue weighted by molar-refractivity contribution is -0.145. The van der Waals surface area contributed by atoms with Crippen molar-refractivity contribution >= 4 is 28.6 Å². The zero-order valence-electron chi connectivity index (χ0n) is 10.3. The smallest absolute Gasteiger partial charge is 0.333 e. The van der Waals surface area contributed by atoms with Gasteiger partial charge in [-0.05, 0) is 46.7 Å². The molecule has 1 heterocycles. The first-order chi connectivity index (χ1) is 9.47. The third-order valence-corrected chi connectivity index (χ3v) is 3.48. The molecule has 0 aliphatic heterocycles. The van der Waals surface area contributed by atoms with Crippen molar-refractivity contribution in [2.45, 2.75) is 12.8 Å². The normalized spacial score (nSPS) is 10.4. The number of carbonyl (C=O) groups excluding carboxylic acids is 1. The van der Waals surface area contributed by atoms with E-state index in [1.54, 1.807) is 18.2 Å². The number of hydrogen-bond acceptors (Lipinski definition) is 5. The molecule has 0 spiro atoms. The first kappa shape index (κ1) is 14.5. The molecule has 20 heavy (non-hydrogen) atoms. The molecule has 2 aromatic rings. The number of rotatable bonds is 4. The van der Waals surface area contributed by atoms with Crippen LogP contribution in [0.3, 0.4) is 0 Å². The molecule has 0 aliphatic carbocycles. The molecule has 2 rings (SSSR count). The second kappa shape index (κ2) is 6.04. The Morgan fingerprint density at radius 1 is 1.15 bits per heavy atom. The first-order valence-corrected chi connectivity index (χ1v) is 6.83. The molecule has 7 heteroatoms. The summed E-state index contributed by atoms with van der Waals surface area (Å²) in [6.07, 6.45) is 0.510. The summed E-state index contributed by atoms with van der Waals surface area (Å²) in [5.74, 6) is -1.10. The van der Waals surface area contributed by atoms with Crippen molar-refractivity contribution < 1.29 is 25.0 Å². The molecule has 0 unspecified atom stereocenters.